The van der Waals surface area contributed by atoms with Gasteiger partial charge >= 0.3 is 0 Å². The number of fused-ring (bicyclic) bond motifs is 1. The highest BCUT2D eigenvalue weighted by Crippen LogP contribution is 2.25. The van der Waals surface area contributed by atoms with Crippen molar-refractivity contribution in [1.82, 2.24) is 24.6 Å². The van der Waals surface area contributed by atoms with E-state index < -0.39 is 0 Å². The van der Waals surface area contributed by atoms with Gasteiger partial charge in [0.2, 0.25) is 0 Å². The molecule has 0 N–H and O–H groups in total. The molecule has 0 aromatic carbocycles. The molecule has 25 heavy (non-hydrogen) atoms. The summed E-state index contributed by atoms with van der Waals surface area (Å²) >= 11 is 0. The maximum atomic E-state index is 6.23. The number of aryl methyl sites for hydroxylation is 1. The van der Waals surface area contributed by atoms with Gasteiger partial charge in [-0.1, -0.05) is 0 Å². The molecule has 2 aliphatic rings. The van der Waals surface area contributed by atoms with Crippen LogP contribution in [-0.2, 0) is 24.9 Å². The third kappa shape index (κ3) is 4.26. The Hall–Kier alpha value is -1.76. The monoisotopic (exact) mass is 341 g/mol. The zero-order chi connectivity index (χ0) is 17.1. The highest BCUT2D eigenvalue weighted by molar-refractivity contribution is 5.09. The Balaban J connectivity index is 1.34. The summed E-state index contributed by atoms with van der Waals surface area (Å²) in [5, 5.41) is 4.28. The minimum Gasteiger partial charge on any atom is -0.375 e. The van der Waals surface area contributed by atoms with Gasteiger partial charge in [-0.25, -0.2) is 0 Å². The van der Waals surface area contributed by atoms with E-state index in [1.54, 1.807) is 0 Å². The summed E-state index contributed by atoms with van der Waals surface area (Å²) in [7, 11) is 1.97. The highest BCUT2D eigenvalue weighted by Gasteiger charge is 2.33. The predicted octanol–water partition coefficient (Wildman–Crippen LogP) is 1.54. The van der Waals surface area contributed by atoms with Crippen LogP contribution in [0.1, 0.15) is 17.5 Å². The number of piperidine rings is 1. The Morgan fingerprint density at radius 1 is 1.08 bits per heavy atom. The molecule has 0 unspecified atom stereocenters. The molecule has 6 nitrogen and oxygen atoms in total. The second-order valence-corrected chi connectivity index (χ2v) is 7.31. The standard InChI is InChI=1S/C19H27N5O/c1-22-11-17(10-21-22)13-23-7-4-18-14-24(8-9-25-19(18)15-23)12-16-2-5-20-6-3-16/h2-3,5-6,10-11,18-19H,4,7-9,12-15H2,1H3/t18-,19-/m1/s1. The Morgan fingerprint density at radius 2 is 1.88 bits per heavy atom. The van der Waals surface area contributed by atoms with Crippen LogP contribution in [0.15, 0.2) is 36.9 Å². The van der Waals surface area contributed by atoms with Crippen molar-refractivity contribution in [2.24, 2.45) is 13.0 Å². The van der Waals surface area contributed by atoms with Crippen LogP contribution in [0.25, 0.3) is 0 Å². The number of aromatic nitrogens is 3. The number of likely N-dealkylation sites (tertiary alicyclic amines) is 1. The van der Waals surface area contributed by atoms with Crippen LogP contribution in [0.4, 0.5) is 0 Å². The molecule has 2 aliphatic heterocycles. The maximum Gasteiger partial charge on any atom is 0.0743 e. The largest absolute Gasteiger partial charge is 0.375 e. The molecular weight excluding hydrogens is 314 g/mol. The van der Waals surface area contributed by atoms with Gasteiger partial charge in [-0.2, -0.15) is 5.10 Å². The minimum atomic E-state index is 0.355. The van der Waals surface area contributed by atoms with E-state index in [2.05, 4.69) is 38.2 Å². The first kappa shape index (κ1) is 16.7. The molecule has 2 aromatic rings. The van der Waals surface area contributed by atoms with E-state index in [-0.39, 0.29) is 0 Å². The van der Waals surface area contributed by atoms with Crippen molar-refractivity contribution < 1.29 is 4.74 Å². The molecule has 0 aliphatic carbocycles. The van der Waals surface area contributed by atoms with Crippen LogP contribution >= 0.6 is 0 Å². The molecule has 6 heteroatoms. The summed E-state index contributed by atoms with van der Waals surface area (Å²) in [5.74, 6) is 0.634. The van der Waals surface area contributed by atoms with Gasteiger partial charge in [0.05, 0.1) is 18.9 Å². The smallest absolute Gasteiger partial charge is 0.0743 e. The Morgan fingerprint density at radius 3 is 2.68 bits per heavy atom. The van der Waals surface area contributed by atoms with E-state index in [0.717, 1.165) is 45.9 Å². The third-order valence-corrected chi connectivity index (χ3v) is 5.33. The second-order valence-electron chi connectivity index (χ2n) is 7.31. The molecule has 2 aromatic heterocycles. The summed E-state index contributed by atoms with van der Waals surface area (Å²) in [4.78, 5) is 9.16. The summed E-state index contributed by atoms with van der Waals surface area (Å²) < 4.78 is 8.11. The fraction of sp³-hybridized carbons (Fsp3) is 0.579. The molecule has 0 saturated carbocycles. The van der Waals surface area contributed by atoms with Crippen molar-refractivity contribution in [2.75, 3.05) is 32.8 Å². The first-order chi connectivity index (χ1) is 12.3. The minimum absolute atomic E-state index is 0.355. The number of nitrogens with zero attached hydrogens (tertiary/aromatic N) is 5. The van der Waals surface area contributed by atoms with Crippen LogP contribution < -0.4 is 0 Å². The van der Waals surface area contributed by atoms with Gasteiger partial charge in [-0.3, -0.25) is 19.5 Å². The average Bonchev–Trinajstić information content (AvgIpc) is 2.91. The van der Waals surface area contributed by atoms with Crippen molar-refractivity contribution >= 4 is 0 Å². The molecule has 134 valence electrons. The van der Waals surface area contributed by atoms with Crippen molar-refractivity contribution in [3.63, 3.8) is 0 Å². The summed E-state index contributed by atoms with van der Waals surface area (Å²) in [5.41, 5.74) is 2.62. The first-order valence-electron chi connectivity index (χ1n) is 9.19. The maximum absolute atomic E-state index is 6.23. The Bertz CT molecular complexity index is 673. The number of hydrogen-bond acceptors (Lipinski definition) is 5. The fourth-order valence-electron chi connectivity index (χ4n) is 4.03. The molecule has 0 amide bonds. The van der Waals surface area contributed by atoms with Crippen LogP contribution in [0, 0.1) is 5.92 Å². The zero-order valence-electron chi connectivity index (χ0n) is 14.9. The summed E-state index contributed by atoms with van der Waals surface area (Å²) in [6.07, 6.45) is 9.39. The van der Waals surface area contributed by atoms with E-state index in [9.17, 15) is 0 Å². The normalized spacial score (nSPS) is 25.5. The number of ether oxygens (including phenoxy) is 1. The molecule has 0 bridgehead atoms. The topological polar surface area (TPSA) is 46.4 Å². The third-order valence-electron chi connectivity index (χ3n) is 5.33. The fourth-order valence-corrected chi connectivity index (χ4v) is 4.03. The molecule has 2 saturated heterocycles. The van der Waals surface area contributed by atoms with Crippen molar-refractivity contribution in [1.29, 1.82) is 0 Å². The molecule has 4 rings (SSSR count). The molecule has 2 atom stereocenters. The molecule has 0 spiro atoms. The molecular formula is C19H27N5O. The van der Waals surface area contributed by atoms with E-state index in [1.165, 1.54) is 17.5 Å². The van der Waals surface area contributed by atoms with Gasteiger partial charge in [0, 0.05) is 69.8 Å². The lowest BCUT2D eigenvalue weighted by atomic mass is 9.93. The Labute approximate surface area is 149 Å². The van der Waals surface area contributed by atoms with Crippen LogP contribution in [-0.4, -0.2) is 63.5 Å². The highest BCUT2D eigenvalue weighted by atomic mass is 16.5. The first-order valence-corrected chi connectivity index (χ1v) is 9.19. The lowest BCUT2D eigenvalue weighted by Crippen LogP contribution is -2.46. The number of hydrogen-bond donors (Lipinski definition) is 0. The second kappa shape index (κ2) is 7.64. The van der Waals surface area contributed by atoms with E-state index >= 15 is 0 Å². The van der Waals surface area contributed by atoms with Crippen molar-refractivity contribution in [3.8, 4) is 0 Å². The summed E-state index contributed by atoms with van der Waals surface area (Å²) in [6, 6.07) is 4.22. The van der Waals surface area contributed by atoms with E-state index in [1.807, 2.05) is 30.3 Å². The van der Waals surface area contributed by atoms with Gasteiger partial charge in [0.15, 0.2) is 0 Å². The van der Waals surface area contributed by atoms with Gasteiger partial charge in [-0.15, -0.1) is 0 Å². The number of pyridine rings is 1. The summed E-state index contributed by atoms with van der Waals surface area (Å²) in [6.45, 7) is 7.11. The average molecular weight is 341 g/mol. The Kier molecular flexibility index (Phi) is 5.10. The van der Waals surface area contributed by atoms with Crippen molar-refractivity contribution in [3.05, 3.63) is 48.0 Å². The molecule has 0 radical (unpaired) electrons. The molecule has 2 fully saturated rings. The quantitative estimate of drug-likeness (QED) is 0.844. The van der Waals surface area contributed by atoms with Crippen LogP contribution in [0.5, 0.6) is 0 Å². The van der Waals surface area contributed by atoms with Gasteiger partial charge in [0.25, 0.3) is 0 Å². The molecule has 4 heterocycles. The zero-order valence-corrected chi connectivity index (χ0v) is 14.9. The van der Waals surface area contributed by atoms with Gasteiger partial charge < -0.3 is 4.74 Å². The van der Waals surface area contributed by atoms with E-state index in [0.29, 0.717) is 12.0 Å². The lowest BCUT2D eigenvalue weighted by molar-refractivity contribution is -0.0242. The SMILES string of the molecule is Cn1cc(CN2CC[C@@H]3CN(Cc4ccncc4)CCO[C@@H]3C2)cn1. The van der Waals surface area contributed by atoms with Gasteiger partial charge in [0.1, 0.15) is 0 Å². The van der Waals surface area contributed by atoms with Crippen LogP contribution in [0.2, 0.25) is 0 Å². The van der Waals surface area contributed by atoms with Crippen molar-refractivity contribution in [2.45, 2.75) is 25.6 Å². The van der Waals surface area contributed by atoms with Gasteiger partial charge in [-0.05, 0) is 30.7 Å². The number of rotatable bonds is 4. The van der Waals surface area contributed by atoms with E-state index in [4.69, 9.17) is 4.74 Å². The predicted molar refractivity (Wildman–Crippen MR) is 95.8 cm³/mol. The van der Waals surface area contributed by atoms with Crippen LogP contribution in [0.3, 0.4) is 0 Å². The lowest BCUT2D eigenvalue weighted by Gasteiger charge is -2.38.